The first-order valence-electron chi connectivity index (χ1n) is 5.75. The van der Waals surface area contributed by atoms with Gasteiger partial charge < -0.3 is 15.3 Å². The van der Waals surface area contributed by atoms with Gasteiger partial charge in [0.25, 0.3) is 0 Å². The van der Waals surface area contributed by atoms with Crippen molar-refractivity contribution < 1.29 is 0 Å². The van der Waals surface area contributed by atoms with Crippen LogP contribution in [-0.4, -0.2) is 23.1 Å². The van der Waals surface area contributed by atoms with Gasteiger partial charge in [-0.15, -0.1) is 0 Å². The molecule has 0 amide bonds. The average molecular weight is 217 g/mol. The molecule has 1 aliphatic rings. The second kappa shape index (κ2) is 3.79. The molecule has 1 aliphatic heterocycles. The first-order valence-corrected chi connectivity index (χ1v) is 5.75. The third kappa shape index (κ3) is 1.55. The maximum absolute atomic E-state index is 11.2. The Morgan fingerprint density at radius 2 is 2.00 bits per heavy atom. The Hall–Kier alpha value is -1.55. The number of fused-ring (bicyclic) bond motifs is 1. The number of aromatic amines is 2. The SMILES string of the molecule is O=c1ccc2c(C3CCNCC3)c[nH]c2[nH]1. The van der Waals surface area contributed by atoms with E-state index in [0.717, 1.165) is 24.1 Å². The molecule has 1 fully saturated rings. The summed E-state index contributed by atoms with van der Waals surface area (Å²) in [5.41, 5.74) is 2.14. The number of hydrogen-bond donors (Lipinski definition) is 3. The Kier molecular flexibility index (Phi) is 2.29. The summed E-state index contributed by atoms with van der Waals surface area (Å²) >= 11 is 0. The Morgan fingerprint density at radius 3 is 2.81 bits per heavy atom. The van der Waals surface area contributed by atoms with Gasteiger partial charge in [-0.05, 0) is 43.5 Å². The molecule has 4 nitrogen and oxygen atoms in total. The van der Waals surface area contributed by atoms with Crippen LogP contribution >= 0.6 is 0 Å². The third-order valence-electron chi connectivity index (χ3n) is 3.38. The first-order chi connectivity index (χ1) is 7.84. The van der Waals surface area contributed by atoms with Gasteiger partial charge in [-0.3, -0.25) is 4.79 Å². The average Bonchev–Trinajstić information content (AvgIpc) is 2.73. The van der Waals surface area contributed by atoms with E-state index >= 15 is 0 Å². The molecule has 2 aromatic heterocycles. The van der Waals surface area contributed by atoms with Gasteiger partial charge in [-0.25, -0.2) is 0 Å². The van der Waals surface area contributed by atoms with E-state index in [1.54, 1.807) is 6.07 Å². The van der Waals surface area contributed by atoms with Crippen molar-refractivity contribution in [1.29, 1.82) is 0 Å². The van der Waals surface area contributed by atoms with Gasteiger partial charge in [0.05, 0.1) is 0 Å². The van der Waals surface area contributed by atoms with Crippen LogP contribution in [0.4, 0.5) is 0 Å². The predicted octanol–water partition coefficient (Wildman–Crippen LogP) is 1.32. The molecule has 0 radical (unpaired) electrons. The summed E-state index contributed by atoms with van der Waals surface area (Å²) in [7, 11) is 0. The van der Waals surface area contributed by atoms with Crippen LogP contribution in [0.25, 0.3) is 11.0 Å². The molecule has 0 bridgehead atoms. The van der Waals surface area contributed by atoms with Crippen molar-refractivity contribution in [2.24, 2.45) is 0 Å². The lowest BCUT2D eigenvalue weighted by Crippen LogP contribution is -2.26. The monoisotopic (exact) mass is 217 g/mol. The van der Waals surface area contributed by atoms with Gasteiger partial charge in [-0.1, -0.05) is 0 Å². The fraction of sp³-hybridized carbons (Fsp3) is 0.417. The molecule has 0 spiro atoms. The number of hydrogen-bond acceptors (Lipinski definition) is 2. The lowest BCUT2D eigenvalue weighted by molar-refractivity contribution is 0.462. The lowest BCUT2D eigenvalue weighted by Gasteiger charge is -2.22. The summed E-state index contributed by atoms with van der Waals surface area (Å²) < 4.78 is 0. The van der Waals surface area contributed by atoms with Crippen LogP contribution in [0.3, 0.4) is 0 Å². The summed E-state index contributed by atoms with van der Waals surface area (Å²) in [5, 5.41) is 4.52. The van der Waals surface area contributed by atoms with E-state index < -0.39 is 0 Å². The highest BCUT2D eigenvalue weighted by Gasteiger charge is 2.18. The molecule has 4 heteroatoms. The van der Waals surface area contributed by atoms with E-state index in [4.69, 9.17) is 0 Å². The van der Waals surface area contributed by atoms with Gasteiger partial charge in [0.2, 0.25) is 5.56 Å². The van der Waals surface area contributed by atoms with Gasteiger partial charge in [-0.2, -0.15) is 0 Å². The molecule has 0 aromatic carbocycles. The fourth-order valence-corrected chi connectivity index (χ4v) is 2.53. The minimum atomic E-state index is -0.0498. The summed E-state index contributed by atoms with van der Waals surface area (Å²) in [6.07, 6.45) is 4.38. The third-order valence-corrected chi connectivity index (χ3v) is 3.38. The Balaban J connectivity index is 2.06. The second-order valence-corrected chi connectivity index (χ2v) is 4.38. The van der Waals surface area contributed by atoms with Crippen LogP contribution in [0.5, 0.6) is 0 Å². The molecule has 84 valence electrons. The van der Waals surface area contributed by atoms with Crippen molar-refractivity contribution >= 4 is 11.0 Å². The molecular weight excluding hydrogens is 202 g/mol. The summed E-state index contributed by atoms with van der Waals surface area (Å²) in [4.78, 5) is 17.2. The van der Waals surface area contributed by atoms with E-state index in [0.29, 0.717) is 5.92 Å². The van der Waals surface area contributed by atoms with Crippen LogP contribution in [0, 0.1) is 0 Å². The van der Waals surface area contributed by atoms with E-state index in [1.807, 2.05) is 12.3 Å². The van der Waals surface area contributed by atoms with E-state index in [2.05, 4.69) is 15.3 Å². The topological polar surface area (TPSA) is 60.7 Å². The van der Waals surface area contributed by atoms with Crippen LogP contribution in [0.15, 0.2) is 23.1 Å². The number of aromatic nitrogens is 2. The van der Waals surface area contributed by atoms with E-state index in [-0.39, 0.29) is 5.56 Å². The zero-order valence-corrected chi connectivity index (χ0v) is 9.05. The van der Waals surface area contributed by atoms with Crippen molar-refractivity contribution in [2.45, 2.75) is 18.8 Å². The maximum Gasteiger partial charge on any atom is 0.249 e. The zero-order chi connectivity index (χ0) is 11.0. The Labute approximate surface area is 93.1 Å². The van der Waals surface area contributed by atoms with Crippen molar-refractivity contribution in [3.63, 3.8) is 0 Å². The molecule has 1 saturated heterocycles. The molecule has 0 saturated carbocycles. The van der Waals surface area contributed by atoms with Crippen molar-refractivity contribution in [2.75, 3.05) is 13.1 Å². The molecule has 2 aromatic rings. The summed E-state index contributed by atoms with van der Waals surface area (Å²) in [6.45, 7) is 2.17. The highest BCUT2D eigenvalue weighted by Crippen LogP contribution is 2.29. The number of pyridine rings is 1. The van der Waals surface area contributed by atoms with Gasteiger partial charge in [0, 0.05) is 17.6 Å². The van der Waals surface area contributed by atoms with Gasteiger partial charge >= 0.3 is 0 Å². The molecule has 0 atom stereocenters. The normalized spacial score (nSPS) is 18.0. The van der Waals surface area contributed by atoms with Crippen LogP contribution in [-0.2, 0) is 0 Å². The second-order valence-electron chi connectivity index (χ2n) is 4.38. The molecule has 3 N–H and O–H groups in total. The molecule has 0 aliphatic carbocycles. The van der Waals surface area contributed by atoms with Crippen molar-refractivity contribution in [3.05, 3.63) is 34.2 Å². The Bertz CT molecular complexity index is 549. The summed E-state index contributed by atoms with van der Waals surface area (Å²) in [6, 6.07) is 3.52. The first kappa shape index (κ1) is 9.66. The van der Waals surface area contributed by atoms with E-state index in [9.17, 15) is 4.79 Å². The highest BCUT2D eigenvalue weighted by molar-refractivity contribution is 5.80. The minimum Gasteiger partial charge on any atom is -0.347 e. The maximum atomic E-state index is 11.2. The minimum absolute atomic E-state index is 0.0498. The van der Waals surface area contributed by atoms with Gasteiger partial charge in [0.1, 0.15) is 5.65 Å². The number of rotatable bonds is 1. The van der Waals surface area contributed by atoms with Gasteiger partial charge in [0.15, 0.2) is 0 Å². The molecule has 16 heavy (non-hydrogen) atoms. The van der Waals surface area contributed by atoms with Crippen molar-refractivity contribution in [1.82, 2.24) is 15.3 Å². The number of piperidine rings is 1. The van der Waals surface area contributed by atoms with Crippen LogP contribution < -0.4 is 10.9 Å². The van der Waals surface area contributed by atoms with E-state index in [1.165, 1.54) is 18.4 Å². The number of H-pyrrole nitrogens is 2. The largest absolute Gasteiger partial charge is 0.347 e. The van der Waals surface area contributed by atoms with Crippen LogP contribution in [0.1, 0.15) is 24.3 Å². The standard InChI is InChI=1S/C12H15N3O/c16-11-2-1-9-10(7-14-12(9)15-11)8-3-5-13-6-4-8/h1-2,7-8,13H,3-6H2,(H2,14,15,16). The number of nitrogens with one attached hydrogen (secondary N) is 3. The Morgan fingerprint density at radius 1 is 1.19 bits per heavy atom. The molecule has 3 heterocycles. The van der Waals surface area contributed by atoms with Crippen molar-refractivity contribution in [3.8, 4) is 0 Å². The summed E-state index contributed by atoms with van der Waals surface area (Å²) in [5.74, 6) is 0.612. The molecular formula is C12H15N3O. The van der Waals surface area contributed by atoms with Crippen LogP contribution in [0.2, 0.25) is 0 Å². The quantitative estimate of drug-likeness (QED) is 0.674. The zero-order valence-electron chi connectivity index (χ0n) is 9.05. The lowest BCUT2D eigenvalue weighted by atomic mass is 9.90. The molecule has 3 rings (SSSR count). The fourth-order valence-electron chi connectivity index (χ4n) is 2.53. The highest BCUT2D eigenvalue weighted by atomic mass is 16.1. The molecule has 0 unspecified atom stereocenters. The smallest absolute Gasteiger partial charge is 0.249 e. The predicted molar refractivity (Wildman–Crippen MR) is 63.8 cm³/mol.